The molecule has 76 valence electrons. The fourth-order valence-corrected chi connectivity index (χ4v) is 1.57. The van der Waals surface area contributed by atoms with E-state index in [1.807, 2.05) is 0 Å². The monoisotopic (exact) mass is 213 g/mol. The van der Waals surface area contributed by atoms with Gasteiger partial charge in [0.25, 0.3) is 0 Å². The molecule has 1 saturated carbocycles. The molecular formula is C9H12ClN3O. The number of aromatic nitrogens is 2. The van der Waals surface area contributed by atoms with Crippen LogP contribution in [0.4, 0.5) is 5.82 Å². The molecule has 2 N–H and O–H groups in total. The second kappa shape index (κ2) is 4.11. The molecule has 1 aromatic rings. The van der Waals surface area contributed by atoms with Gasteiger partial charge in [-0.05, 0) is 18.8 Å². The number of hydrogen-bond acceptors (Lipinski definition) is 4. The predicted octanol–water partition coefficient (Wildman–Crippen LogP) is 1.31. The molecule has 0 aliphatic heterocycles. The SMILES string of the molecule is OCC(Nc1ncncc1Cl)C1CC1. The van der Waals surface area contributed by atoms with Crippen LogP contribution in [0.15, 0.2) is 12.5 Å². The van der Waals surface area contributed by atoms with E-state index >= 15 is 0 Å². The Morgan fingerprint density at radius 2 is 2.43 bits per heavy atom. The molecule has 0 radical (unpaired) electrons. The predicted molar refractivity (Wildman–Crippen MR) is 54.3 cm³/mol. The molecule has 0 saturated heterocycles. The number of rotatable bonds is 4. The largest absolute Gasteiger partial charge is 0.394 e. The van der Waals surface area contributed by atoms with Crippen molar-refractivity contribution in [3.05, 3.63) is 17.5 Å². The molecule has 1 fully saturated rings. The second-order valence-electron chi connectivity index (χ2n) is 3.49. The molecule has 1 aliphatic rings. The van der Waals surface area contributed by atoms with Gasteiger partial charge in [-0.25, -0.2) is 9.97 Å². The van der Waals surface area contributed by atoms with Crippen molar-refractivity contribution >= 4 is 17.4 Å². The van der Waals surface area contributed by atoms with E-state index in [0.717, 1.165) is 0 Å². The zero-order valence-corrected chi connectivity index (χ0v) is 8.41. The fraction of sp³-hybridized carbons (Fsp3) is 0.556. The van der Waals surface area contributed by atoms with Crippen LogP contribution in [0.25, 0.3) is 0 Å². The van der Waals surface area contributed by atoms with Crippen LogP contribution in [0.2, 0.25) is 5.02 Å². The lowest BCUT2D eigenvalue weighted by atomic mass is 10.2. The summed E-state index contributed by atoms with van der Waals surface area (Å²) >= 11 is 5.88. The van der Waals surface area contributed by atoms with E-state index in [4.69, 9.17) is 16.7 Å². The Morgan fingerprint density at radius 3 is 3.00 bits per heavy atom. The van der Waals surface area contributed by atoms with E-state index in [2.05, 4.69) is 15.3 Å². The summed E-state index contributed by atoms with van der Waals surface area (Å²) in [6.45, 7) is 0.116. The Kier molecular flexibility index (Phi) is 2.84. The zero-order valence-electron chi connectivity index (χ0n) is 7.65. The first-order valence-electron chi connectivity index (χ1n) is 4.64. The van der Waals surface area contributed by atoms with Crippen LogP contribution >= 0.6 is 11.6 Å². The van der Waals surface area contributed by atoms with Crippen molar-refractivity contribution in [2.45, 2.75) is 18.9 Å². The lowest BCUT2D eigenvalue weighted by molar-refractivity contribution is 0.263. The lowest BCUT2D eigenvalue weighted by Gasteiger charge is -2.16. The smallest absolute Gasteiger partial charge is 0.148 e. The third-order valence-corrected chi connectivity index (χ3v) is 2.65. The topological polar surface area (TPSA) is 58.0 Å². The number of nitrogens with zero attached hydrogens (tertiary/aromatic N) is 2. The molecule has 2 rings (SSSR count). The molecular weight excluding hydrogens is 202 g/mol. The molecule has 1 heterocycles. The van der Waals surface area contributed by atoms with Crippen molar-refractivity contribution in [1.82, 2.24) is 9.97 Å². The van der Waals surface area contributed by atoms with Crippen LogP contribution in [0, 0.1) is 5.92 Å². The van der Waals surface area contributed by atoms with E-state index in [0.29, 0.717) is 16.8 Å². The highest BCUT2D eigenvalue weighted by molar-refractivity contribution is 6.32. The van der Waals surface area contributed by atoms with Crippen LogP contribution in [-0.2, 0) is 0 Å². The number of aliphatic hydroxyl groups excluding tert-OH is 1. The molecule has 0 bridgehead atoms. The second-order valence-corrected chi connectivity index (χ2v) is 3.90. The van der Waals surface area contributed by atoms with Crippen LogP contribution in [0.1, 0.15) is 12.8 Å². The Balaban J connectivity index is 2.04. The first-order chi connectivity index (χ1) is 6.81. The maximum absolute atomic E-state index is 9.14. The van der Waals surface area contributed by atoms with E-state index in [-0.39, 0.29) is 12.6 Å². The van der Waals surface area contributed by atoms with Gasteiger partial charge >= 0.3 is 0 Å². The number of anilines is 1. The van der Waals surface area contributed by atoms with Gasteiger partial charge in [-0.15, -0.1) is 0 Å². The highest BCUT2D eigenvalue weighted by atomic mass is 35.5. The minimum atomic E-state index is 0.0717. The average molecular weight is 214 g/mol. The minimum Gasteiger partial charge on any atom is -0.394 e. The first-order valence-corrected chi connectivity index (χ1v) is 5.02. The third kappa shape index (κ3) is 2.13. The maximum Gasteiger partial charge on any atom is 0.148 e. The zero-order chi connectivity index (χ0) is 9.97. The van der Waals surface area contributed by atoms with Gasteiger partial charge in [-0.3, -0.25) is 0 Å². The van der Waals surface area contributed by atoms with E-state index < -0.39 is 0 Å². The fourth-order valence-electron chi connectivity index (χ4n) is 1.41. The Hall–Kier alpha value is -0.870. The van der Waals surface area contributed by atoms with Gasteiger partial charge in [-0.2, -0.15) is 0 Å². The molecule has 1 atom stereocenters. The summed E-state index contributed by atoms with van der Waals surface area (Å²) in [6, 6.07) is 0.0717. The molecule has 1 aromatic heterocycles. The van der Waals surface area contributed by atoms with Crippen molar-refractivity contribution in [3.63, 3.8) is 0 Å². The van der Waals surface area contributed by atoms with Crippen molar-refractivity contribution < 1.29 is 5.11 Å². The van der Waals surface area contributed by atoms with Gasteiger partial charge in [0.15, 0.2) is 0 Å². The maximum atomic E-state index is 9.14. The highest BCUT2D eigenvalue weighted by Gasteiger charge is 2.31. The van der Waals surface area contributed by atoms with Gasteiger partial charge in [0.2, 0.25) is 0 Å². The minimum absolute atomic E-state index is 0.0717. The Bertz CT molecular complexity index is 317. The average Bonchev–Trinajstić information content (AvgIpc) is 3.00. The number of halogens is 1. The van der Waals surface area contributed by atoms with E-state index in [1.165, 1.54) is 25.4 Å². The van der Waals surface area contributed by atoms with Crippen molar-refractivity contribution in [1.29, 1.82) is 0 Å². The lowest BCUT2D eigenvalue weighted by Crippen LogP contribution is -2.26. The van der Waals surface area contributed by atoms with E-state index in [1.54, 1.807) is 0 Å². The number of aliphatic hydroxyl groups is 1. The van der Waals surface area contributed by atoms with Crippen LogP contribution in [0.3, 0.4) is 0 Å². The van der Waals surface area contributed by atoms with Crippen molar-refractivity contribution in [2.75, 3.05) is 11.9 Å². The van der Waals surface area contributed by atoms with Gasteiger partial charge in [-0.1, -0.05) is 11.6 Å². The molecule has 0 aromatic carbocycles. The van der Waals surface area contributed by atoms with Gasteiger partial charge < -0.3 is 10.4 Å². The molecule has 0 amide bonds. The van der Waals surface area contributed by atoms with Crippen molar-refractivity contribution in [3.8, 4) is 0 Å². The number of nitrogens with one attached hydrogen (secondary N) is 1. The standard InChI is InChI=1S/C9H12ClN3O/c10-7-3-11-5-12-9(7)13-8(4-14)6-1-2-6/h3,5-6,8,14H,1-2,4H2,(H,11,12,13). The number of hydrogen-bond donors (Lipinski definition) is 2. The van der Waals surface area contributed by atoms with Crippen LogP contribution in [0.5, 0.6) is 0 Å². The Labute approximate surface area is 87.3 Å². The summed E-state index contributed by atoms with van der Waals surface area (Å²) in [5.74, 6) is 1.17. The normalized spacial score (nSPS) is 17.9. The first kappa shape index (κ1) is 9.68. The third-order valence-electron chi connectivity index (χ3n) is 2.38. The molecule has 1 unspecified atom stereocenters. The van der Waals surface area contributed by atoms with Crippen LogP contribution < -0.4 is 5.32 Å². The van der Waals surface area contributed by atoms with Gasteiger partial charge in [0.1, 0.15) is 17.2 Å². The highest BCUT2D eigenvalue weighted by Crippen LogP contribution is 2.34. The quantitative estimate of drug-likeness (QED) is 0.792. The molecule has 4 nitrogen and oxygen atoms in total. The van der Waals surface area contributed by atoms with Crippen molar-refractivity contribution in [2.24, 2.45) is 5.92 Å². The van der Waals surface area contributed by atoms with Gasteiger partial charge in [0.05, 0.1) is 18.8 Å². The summed E-state index contributed by atoms with van der Waals surface area (Å²) in [4.78, 5) is 7.80. The van der Waals surface area contributed by atoms with Gasteiger partial charge in [0, 0.05) is 0 Å². The van der Waals surface area contributed by atoms with Crippen LogP contribution in [-0.4, -0.2) is 27.7 Å². The summed E-state index contributed by atoms with van der Waals surface area (Å²) in [7, 11) is 0. The Morgan fingerprint density at radius 1 is 1.64 bits per heavy atom. The summed E-state index contributed by atoms with van der Waals surface area (Å²) in [5, 5.41) is 12.8. The summed E-state index contributed by atoms with van der Waals surface area (Å²) in [5.41, 5.74) is 0. The molecule has 5 heteroatoms. The molecule has 1 aliphatic carbocycles. The summed E-state index contributed by atoms with van der Waals surface area (Å²) in [6.07, 6.45) is 5.32. The molecule has 14 heavy (non-hydrogen) atoms. The molecule has 0 spiro atoms. The summed E-state index contributed by atoms with van der Waals surface area (Å²) < 4.78 is 0. The van der Waals surface area contributed by atoms with E-state index in [9.17, 15) is 0 Å².